The van der Waals surface area contributed by atoms with Gasteiger partial charge in [0.25, 0.3) is 16.2 Å². The summed E-state index contributed by atoms with van der Waals surface area (Å²) in [5.74, 6) is 0. The van der Waals surface area contributed by atoms with Gasteiger partial charge in [-0.15, -0.1) is 0 Å². The second-order valence-corrected chi connectivity index (χ2v) is 4.55. The third-order valence-electron chi connectivity index (χ3n) is 1.88. The molecule has 0 spiro atoms. The van der Waals surface area contributed by atoms with E-state index in [0.29, 0.717) is 12.1 Å². The minimum atomic E-state index is -4.89. The largest absolute Gasteiger partial charge is 0.416 e. The van der Waals surface area contributed by atoms with Gasteiger partial charge in [-0.2, -0.15) is 30.4 Å². The number of hydrogen-bond donors (Lipinski definition) is 1. The van der Waals surface area contributed by atoms with Crippen molar-refractivity contribution in [1.29, 1.82) is 0 Å². The van der Waals surface area contributed by atoms with E-state index < -0.39 is 38.4 Å². The number of benzene rings is 1. The Labute approximate surface area is 98.3 Å². The average Bonchev–Trinajstić information content (AvgIpc) is 2.13. The van der Waals surface area contributed by atoms with Crippen LogP contribution in [-0.4, -0.2) is 13.0 Å². The quantitative estimate of drug-likeness (QED) is 0.671. The average molecular weight is 288 g/mol. The molecule has 1 aromatic rings. The number of hydrogen-bond acceptors (Lipinski definition) is 2. The Bertz CT molecular complexity index is 585. The summed E-state index contributed by atoms with van der Waals surface area (Å²) in [4.78, 5) is -1.02. The maximum Gasteiger partial charge on any atom is 0.416 e. The monoisotopic (exact) mass is 288 g/mol. The first-order chi connectivity index (χ1) is 8.01. The maximum atomic E-state index is 12.3. The Hall–Kier alpha value is -1.48. The van der Waals surface area contributed by atoms with E-state index in [4.69, 9.17) is 4.55 Å². The van der Waals surface area contributed by atoms with Crippen molar-refractivity contribution in [2.24, 2.45) is 0 Å². The van der Waals surface area contributed by atoms with Crippen LogP contribution in [0.25, 0.3) is 6.08 Å². The molecule has 0 aliphatic carbocycles. The van der Waals surface area contributed by atoms with Gasteiger partial charge in [-0.05, 0) is 18.2 Å². The van der Waals surface area contributed by atoms with Gasteiger partial charge in [0.2, 0.25) is 0 Å². The molecule has 9 heteroatoms. The zero-order valence-electron chi connectivity index (χ0n) is 8.37. The Morgan fingerprint density at radius 2 is 1.78 bits per heavy atom. The van der Waals surface area contributed by atoms with Crippen molar-refractivity contribution < 1.29 is 34.9 Å². The lowest BCUT2D eigenvalue weighted by Gasteiger charge is -2.09. The molecule has 0 saturated heterocycles. The highest BCUT2D eigenvalue weighted by atomic mass is 32.2. The summed E-state index contributed by atoms with van der Waals surface area (Å²) in [5, 5.41) is 0. The molecule has 0 saturated carbocycles. The lowest BCUT2D eigenvalue weighted by atomic mass is 10.1. The summed E-state index contributed by atoms with van der Waals surface area (Å²) in [6.45, 7) is 0. The van der Waals surface area contributed by atoms with E-state index in [1.807, 2.05) is 0 Å². The minimum Gasteiger partial charge on any atom is -0.282 e. The van der Waals surface area contributed by atoms with Crippen molar-refractivity contribution in [3.8, 4) is 0 Å². The molecule has 0 amide bonds. The molecule has 0 unspecified atom stereocenters. The fourth-order valence-electron chi connectivity index (χ4n) is 1.19. The molecule has 0 aromatic heterocycles. The molecule has 0 aliphatic heterocycles. The smallest absolute Gasteiger partial charge is 0.282 e. The minimum absolute atomic E-state index is 0.0711. The summed E-state index contributed by atoms with van der Waals surface area (Å²) in [6, 6.07) is 0.992. The highest BCUT2D eigenvalue weighted by molar-refractivity contribution is 7.85. The molecule has 3 nitrogen and oxygen atoms in total. The van der Waals surface area contributed by atoms with Crippen LogP contribution in [0.3, 0.4) is 0 Å². The van der Waals surface area contributed by atoms with E-state index in [9.17, 15) is 30.4 Å². The van der Waals surface area contributed by atoms with Crippen LogP contribution in [0.5, 0.6) is 0 Å². The van der Waals surface area contributed by atoms with E-state index >= 15 is 0 Å². The van der Waals surface area contributed by atoms with Gasteiger partial charge in [0.15, 0.2) is 0 Å². The van der Waals surface area contributed by atoms with Gasteiger partial charge < -0.3 is 0 Å². The molecule has 1 N–H and O–H groups in total. The highest BCUT2D eigenvalue weighted by Crippen LogP contribution is 2.32. The predicted octanol–water partition coefficient (Wildman–Crippen LogP) is 3.19. The van der Waals surface area contributed by atoms with Gasteiger partial charge in [0, 0.05) is 11.6 Å². The topological polar surface area (TPSA) is 54.4 Å². The molecule has 0 heterocycles. The molecule has 0 fully saturated rings. The fourth-order valence-corrected chi connectivity index (χ4v) is 1.85. The fraction of sp³-hybridized carbons (Fsp3) is 0.111. The van der Waals surface area contributed by atoms with Crippen LogP contribution >= 0.6 is 0 Å². The first kappa shape index (κ1) is 14.6. The van der Waals surface area contributed by atoms with E-state index in [1.54, 1.807) is 0 Å². The molecule has 0 atom stereocenters. The van der Waals surface area contributed by atoms with Crippen LogP contribution in [0.2, 0.25) is 0 Å². The molecule has 1 aromatic carbocycles. The summed E-state index contributed by atoms with van der Waals surface area (Å²) in [6.07, 6.45) is -7.27. The van der Waals surface area contributed by atoms with E-state index in [1.165, 1.54) is 0 Å². The Kier molecular flexibility index (Phi) is 3.77. The van der Waals surface area contributed by atoms with Gasteiger partial charge in [0.05, 0.1) is 5.56 Å². The van der Waals surface area contributed by atoms with E-state index in [2.05, 4.69) is 0 Å². The van der Waals surface area contributed by atoms with Crippen molar-refractivity contribution >= 4 is 16.2 Å². The number of alkyl halides is 3. The third-order valence-corrected chi connectivity index (χ3v) is 2.81. The Balaban J connectivity index is 3.54. The SMILES string of the molecule is O=S(=O)(O)c1ccc(C(F)(F)F)cc1C=C(F)F. The van der Waals surface area contributed by atoms with E-state index in [-0.39, 0.29) is 12.1 Å². The van der Waals surface area contributed by atoms with Gasteiger partial charge in [-0.3, -0.25) is 4.55 Å². The lowest BCUT2D eigenvalue weighted by molar-refractivity contribution is -0.137. The standard InChI is InChI=1S/C9H5F5O3S/c10-8(11)4-5-3-6(9(12,13)14)1-2-7(5)18(15,16)17/h1-4H,(H,15,16,17). The van der Waals surface area contributed by atoms with Crippen molar-refractivity contribution in [1.82, 2.24) is 0 Å². The molecule has 0 bridgehead atoms. The Morgan fingerprint density at radius 1 is 1.22 bits per heavy atom. The van der Waals surface area contributed by atoms with Crippen LogP contribution in [0.4, 0.5) is 22.0 Å². The second kappa shape index (κ2) is 4.65. The van der Waals surface area contributed by atoms with Gasteiger partial charge in [-0.1, -0.05) is 0 Å². The van der Waals surface area contributed by atoms with Crippen molar-refractivity contribution in [3.05, 3.63) is 35.4 Å². The zero-order chi connectivity index (χ0) is 14.1. The lowest BCUT2D eigenvalue weighted by Crippen LogP contribution is -2.08. The summed E-state index contributed by atoms with van der Waals surface area (Å²) >= 11 is 0. The second-order valence-electron chi connectivity index (χ2n) is 3.16. The van der Waals surface area contributed by atoms with Crippen molar-refractivity contribution in [2.45, 2.75) is 11.1 Å². The van der Waals surface area contributed by atoms with Crippen molar-refractivity contribution in [3.63, 3.8) is 0 Å². The van der Waals surface area contributed by atoms with E-state index in [0.717, 1.165) is 0 Å². The highest BCUT2D eigenvalue weighted by Gasteiger charge is 2.31. The van der Waals surface area contributed by atoms with Gasteiger partial charge >= 0.3 is 6.18 Å². The zero-order valence-corrected chi connectivity index (χ0v) is 9.19. The van der Waals surface area contributed by atoms with Crippen LogP contribution in [0, 0.1) is 0 Å². The van der Waals surface area contributed by atoms with Crippen molar-refractivity contribution in [2.75, 3.05) is 0 Å². The molecular formula is C9H5F5O3S. The normalized spacial score (nSPS) is 12.3. The van der Waals surface area contributed by atoms with Crippen LogP contribution in [-0.2, 0) is 16.3 Å². The summed E-state index contributed by atoms with van der Waals surface area (Å²) in [7, 11) is -4.89. The molecule has 18 heavy (non-hydrogen) atoms. The van der Waals surface area contributed by atoms with Crippen LogP contribution in [0.1, 0.15) is 11.1 Å². The number of rotatable bonds is 2. The maximum absolute atomic E-state index is 12.3. The van der Waals surface area contributed by atoms with Gasteiger partial charge in [0.1, 0.15) is 4.90 Å². The first-order valence-electron chi connectivity index (χ1n) is 4.23. The molecule has 0 radical (unpaired) electrons. The molecular weight excluding hydrogens is 283 g/mol. The molecule has 1 rings (SSSR count). The van der Waals surface area contributed by atoms with Crippen LogP contribution < -0.4 is 0 Å². The summed E-state index contributed by atoms with van der Waals surface area (Å²) in [5.41, 5.74) is -2.24. The Morgan fingerprint density at radius 3 is 2.17 bits per heavy atom. The van der Waals surface area contributed by atoms with Gasteiger partial charge in [-0.25, -0.2) is 0 Å². The first-order valence-corrected chi connectivity index (χ1v) is 5.67. The molecule has 100 valence electrons. The predicted molar refractivity (Wildman–Crippen MR) is 51.5 cm³/mol. The van der Waals surface area contributed by atoms with Crippen LogP contribution in [0.15, 0.2) is 29.2 Å². The third kappa shape index (κ3) is 3.50. The number of halogens is 5. The summed E-state index contributed by atoms with van der Waals surface area (Å²) < 4.78 is 91.3. The molecule has 0 aliphatic rings.